The SMILES string of the molecule is Cc1ccc(N2CCN(C)CC2)c2c1CC[C@@H](NS(=O)(=O)c1ccc3ncsc3c1)C2. The number of nitrogens with zero attached hydrogens (tertiary/aromatic N) is 3. The minimum atomic E-state index is -3.58. The van der Waals surface area contributed by atoms with E-state index in [2.05, 4.69) is 45.6 Å². The summed E-state index contributed by atoms with van der Waals surface area (Å²) in [5, 5.41) is 0. The van der Waals surface area contributed by atoms with Crippen molar-refractivity contribution in [2.45, 2.75) is 37.1 Å². The Bertz CT molecular complexity index is 1210. The van der Waals surface area contributed by atoms with Crippen LogP contribution >= 0.6 is 11.3 Å². The van der Waals surface area contributed by atoms with Gasteiger partial charge in [0.15, 0.2) is 0 Å². The molecule has 31 heavy (non-hydrogen) atoms. The molecule has 8 heteroatoms. The Morgan fingerprint density at radius 1 is 1.10 bits per heavy atom. The highest BCUT2D eigenvalue weighted by atomic mass is 32.2. The van der Waals surface area contributed by atoms with E-state index >= 15 is 0 Å². The number of anilines is 1. The molecule has 1 aliphatic heterocycles. The van der Waals surface area contributed by atoms with Crippen LogP contribution in [0.15, 0.2) is 40.7 Å². The number of likely N-dealkylation sites (N-methyl/N-ethyl adjacent to an activating group) is 1. The summed E-state index contributed by atoms with van der Waals surface area (Å²) in [7, 11) is -1.42. The van der Waals surface area contributed by atoms with Gasteiger partial charge in [-0.05, 0) is 74.2 Å². The van der Waals surface area contributed by atoms with Crippen LogP contribution in [-0.2, 0) is 22.9 Å². The smallest absolute Gasteiger partial charge is 0.240 e. The number of fused-ring (bicyclic) bond motifs is 2. The Labute approximate surface area is 187 Å². The fraction of sp³-hybridized carbons (Fsp3) is 0.435. The normalized spacial score (nSPS) is 20.2. The highest BCUT2D eigenvalue weighted by molar-refractivity contribution is 7.89. The lowest BCUT2D eigenvalue weighted by atomic mass is 9.84. The molecule has 1 aliphatic carbocycles. The van der Waals surface area contributed by atoms with Crippen LogP contribution in [0.2, 0.25) is 0 Å². The van der Waals surface area contributed by atoms with Crippen LogP contribution in [0, 0.1) is 6.92 Å². The number of sulfonamides is 1. The quantitative estimate of drug-likeness (QED) is 0.653. The van der Waals surface area contributed by atoms with Crippen LogP contribution in [-0.4, -0.2) is 57.6 Å². The molecule has 3 aromatic rings. The van der Waals surface area contributed by atoms with Gasteiger partial charge in [0.25, 0.3) is 0 Å². The Balaban J connectivity index is 1.40. The van der Waals surface area contributed by atoms with Gasteiger partial charge in [0.1, 0.15) is 0 Å². The molecule has 0 spiro atoms. The van der Waals surface area contributed by atoms with E-state index in [1.165, 1.54) is 33.7 Å². The van der Waals surface area contributed by atoms with Gasteiger partial charge in [-0.3, -0.25) is 0 Å². The molecule has 0 amide bonds. The lowest BCUT2D eigenvalue weighted by molar-refractivity contribution is 0.312. The van der Waals surface area contributed by atoms with Gasteiger partial charge in [-0.2, -0.15) is 0 Å². The maximum Gasteiger partial charge on any atom is 0.240 e. The Morgan fingerprint density at radius 2 is 1.90 bits per heavy atom. The van der Waals surface area contributed by atoms with E-state index in [0.29, 0.717) is 4.90 Å². The first-order valence-electron chi connectivity index (χ1n) is 10.8. The minimum absolute atomic E-state index is 0.0947. The zero-order valence-corrected chi connectivity index (χ0v) is 19.6. The van der Waals surface area contributed by atoms with Crippen molar-refractivity contribution in [1.29, 1.82) is 0 Å². The van der Waals surface area contributed by atoms with Gasteiger partial charge in [-0.1, -0.05) is 6.07 Å². The standard InChI is InChI=1S/C23H28N4O2S2/c1-16-3-8-22(27-11-9-26(2)10-12-27)20-13-17(4-6-19(16)20)25-31(28,29)18-5-7-21-23(14-18)30-15-24-21/h3,5,7-8,14-15,17,25H,4,6,9-13H2,1-2H3/t17-/m1/s1. The second-order valence-corrected chi connectivity index (χ2v) is 11.3. The van der Waals surface area contributed by atoms with Gasteiger partial charge in [0, 0.05) is 37.9 Å². The Kier molecular flexibility index (Phi) is 5.50. The zero-order chi connectivity index (χ0) is 21.6. The first-order valence-corrected chi connectivity index (χ1v) is 13.2. The number of nitrogens with one attached hydrogen (secondary N) is 1. The summed E-state index contributed by atoms with van der Waals surface area (Å²) < 4.78 is 30.1. The van der Waals surface area contributed by atoms with Crippen LogP contribution in [0.1, 0.15) is 23.1 Å². The number of hydrogen-bond acceptors (Lipinski definition) is 6. The van der Waals surface area contributed by atoms with Crippen molar-refractivity contribution >= 4 is 37.3 Å². The number of hydrogen-bond donors (Lipinski definition) is 1. The fourth-order valence-electron chi connectivity index (χ4n) is 4.77. The number of aromatic nitrogens is 1. The highest BCUT2D eigenvalue weighted by Crippen LogP contribution is 2.34. The van der Waals surface area contributed by atoms with Crippen molar-refractivity contribution in [3.63, 3.8) is 0 Å². The predicted molar refractivity (Wildman–Crippen MR) is 127 cm³/mol. The molecule has 0 bridgehead atoms. The van der Waals surface area contributed by atoms with Gasteiger partial charge >= 0.3 is 0 Å². The third-order valence-electron chi connectivity index (χ3n) is 6.61. The summed E-state index contributed by atoms with van der Waals surface area (Å²) in [6.07, 6.45) is 2.46. The van der Waals surface area contributed by atoms with Crippen LogP contribution in [0.3, 0.4) is 0 Å². The van der Waals surface area contributed by atoms with Crippen molar-refractivity contribution in [3.8, 4) is 0 Å². The summed E-state index contributed by atoms with van der Waals surface area (Å²) in [5.74, 6) is 0. The maximum atomic E-state index is 13.1. The average molecular weight is 457 g/mol. The zero-order valence-electron chi connectivity index (χ0n) is 18.0. The molecule has 0 radical (unpaired) electrons. The van der Waals surface area contributed by atoms with Crippen molar-refractivity contribution in [2.75, 3.05) is 38.1 Å². The molecular formula is C23H28N4O2S2. The van der Waals surface area contributed by atoms with Crippen molar-refractivity contribution in [3.05, 3.63) is 52.5 Å². The van der Waals surface area contributed by atoms with E-state index in [4.69, 9.17) is 0 Å². The number of aryl methyl sites for hydroxylation is 1. The second kappa shape index (κ2) is 8.16. The molecule has 1 saturated heterocycles. The van der Waals surface area contributed by atoms with Gasteiger partial charge < -0.3 is 9.80 Å². The third kappa shape index (κ3) is 4.09. The van der Waals surface area contributed by atoms with E-state index in [9.17, 15) is 8.42 Å². The summed E-state index contributed by atoms with van der Waals surface area (Å²) in [4.78, 5) is 9.38. The van der Waals surface area contributed by atoms with E-state index in [1.807, 2.05) is 0 Å². The summed E-state index contributed by atoms with van der Waals surface area (Å²) >= 11 is 1.46. The van der Waals surface area contributed by atoms with Crippen molar-refractivity contribution in [1.82, 2.24) is 14.6 Å². The van der Waals surface area contributed by atoms with Gasteiger partial charge in [0.2, 0.25) is 10.0 Å². The molecule has 6 nitrogen and oxygen atoms in total. The summed E-state index contributed by atoms with van der Waals surface area (Å²) in [6, 6.07) is 9.52. The Morgan fingerprint density at radius 3 is 2.71 bits per heavy atom. The number of rotatable bonds is 4. The van der Waals surface area contributed by atoms with Crippen LogP contribution in [0.5, 0.6) is 0 Å². The predicted octanol–water partition coefficient (Wildman–Crippen LogP) is 3.19. The molecule has 1 aromatic heterocycles. The molecule has 2 heterocycles. The lowest BCUT2D eigenvalue weighted by Gasteiger charge is -2.37. The highest BCUT2D eigenvalue weighted by Gasteiger charge is 2.29. The Hall–Kier alpha value is -2.00. The monoisotopic (exact) mass is 456 g/mol. The van der Waals surface area contributed by atoms with Crippen molar-refractivity contribution in [2.24, 2.45) is 0 Å². The molecule has 164 valence electrons. The first-order chi connectivity index (χ1) is 14.9. The molecule has 0 unspecified atom stereocenters. The van der Waals surface area contributed by atoms with Crippen molar-refractivity contribution < 1.29 is 8.42 Å². The van der Waals surface area contributed by atoms with Crippen LogP contribution in [0.4, 0.5) is 5.69 Å². The van der Waals surface area contributed by atoms with Gasteiger partial charge in [-0.15, -0.1) is 11.3 Å². The number of thiazole rings is 1. The molecular weight excluding hydrogens is 428 g/mol. The van der Waals surface area contributed by atoms with E-state index in [1.54, 1.807) is 23.7 Å². The van der Waals surface area contributed by atoms with E-state index < -0.39 is 10.0 Å². The first kappa shape index (κ1) is 20.9. The van der Waals surface area contributed by atoms with Crippen LogP contribution in [0.25, 0.3) is 10.2 Å². The number of piperazine rings is 1. The molecule has 0 saturated carbocycles. The summed E-state index contributed by atoms with van der Waals surface area (Å²) in [5.41, 5.74) is 7.89. The fourth-order valence-corrected chi connectivity index (χ4v) is 6.86. The maximum absolute atomic E-state index is 13.1. The average Bonchev–Trinajstić information content (AvgIpc) is 3.23. The molecule has 1 N–H and O–H groups in total. The number of benzene rings is 2. The van der Waals surface area contributed by atoms with E-state index in [0.717, 1.165) is 55.7 Å². The minimum Gasteiger partial charge on any atom is -0.369 e. The molecule has 5 rings (SSSR count). The summed E-state index contributed by atoms with van der Waals surface area (Å²) in [6.45, 7) is 6.30. The largest absolute Gasteiger partial charge is 0.369 e. The lowest BCUT2D eigenvalue weighted by Crippen LogP contribution is -2.45. The third-order valence-corrected chi connectivity index (χ3v) is 8.92. The van der Waals surface area contributed by atoms with E-state index in [-0.39, 0.29) is 6.04 Å². The second-order valence-electron chi connectivity index (χ2n) is 8.69. The molecule has 1 atom stereocenters. The van der Waals surface area contributed by atoms with Gasteiger partial charge in [-0.25, -0.2) is 18.1 Å². The molecule has 1 fully saturated rings. The molecule has 2 aliphatic rings. The van der Waals surface area contributed by atoms with Crippen LogP contribution < -0.4 is 9.62 Å². The van der Waals surface area contributed by atoms with Gasteiger partial charge in [0.05, 0.1) is 20.6 Å². The topological polar surface area (TPSA) is 65.5 Å². The molecule has 2 aromatic carbocycles.